The van der Waals surface area contributed by atoms with Gasteiger partial charge in [-0.2, -0.15) is 13.2 Å². The first-order valence-corrected chi connectivity index (χ1v) is 4.88. The third kappa shape index (κ3) is 2.04. The van der Waals surface area contributed by atoms with Crippen LogP contribution in [-0.2, 0) is 4.79 Å². The highest BCUT2D eigenvalue weighted by Crippen LogP contribution is 2.40. The SMILES string of the molecule is O=C(O)C1CN(c2ccccn2)C1C(F)(F)F. The summed E-state index contributed by atoms with van der Waals surface area (Å²) in [6.45, 7) is -0.170. The zero-order chi connectivity index (χ0) is 12.6. The summed E-state index contributed by atoms with van der Waals surface area (Å²) >= 11 is 0. The molecule has 7 heteroatoms. The van der Waals surface area contributed by atoms with Gasteiger partial charge in [0, 0.05) is 12.7 Å². The highest BCUT2D eigenvalue weighted by atomic mass is 19.4. The first-order valence-electron chi connectivity index (χ1n) is 4.88. The third-order valence-corrected chi connectivity index (χ3v) is 2.71. The van der Waals surface area contributed by atoms with Crippen LogP contribution in [-0.4, -0.2) is 34.8 Å². The van der Waals surface area contributed by atoms with Gasteiger partial charge in [-0.05, 0) is 12.1 Å². The molecule has 1 aromatic rings. The molecular formula is C10H9F3N2O2. The molecule has 0 radical (unpaired) electrons. The molecule has 1 aromatic heterocycles. The van der Waals surface area contributed by atoms with E-state index in [2.05, 4.69) is 4.98 Å². The van der Waals surface area contributed by atoms with Gasteiger partial charge in [-0.25, -0.2) is 4.98 Å². The van der Waals surface area contributed by atoms with E-state index in [-0.39, 0.29) is 12.4 Å². The molecule has 0 aliphatic carbocycles. The van der Waals surface area contributed by atoms with E-state index in [9.17, 15) is 18.0 Å². The van der Waals surface area contributed by atoms with Crippen molar-refractivity contribution in [3.8, 4) is 0 Å². The van der Waals surface area contributed by atoms with Gasteiger partial charge in [0.15, 0.2) is 0 Å². The molecule has 4 nitrogen and oxygen atoms in total. The summed E-state index contributed by atoms with van der Waals surface area (Å²) in [6.07, 6.45) is -3.20. The van der Waals surface area contributed by atoms with Crippen LogP contribution >= 0.6 is 0 Å². The van der Waals surface area contributed by atoms with Crippen LogP contribution in [0, 0.1) is 5.92 Å². The van der Waals surface area contributed by atoms with Gasteiger partial charge in [-0.15, -0.1) is 0 Å². The van der Waals surface area contributed by atoms with Crippen molar-refractivity contribution in [1.29, 1.82) is 0 Å². The Balaban J connectivity index is 2.24. The van der Waals surface area contributed by atoms with E-state index in [0.29, 0.717) is 0 Å². The number of rotatable bonds is 2. The van der Waals surface area contributed by atoms with Crippen molar-refractivity contribution in [2.75, 3.05) is 11.4 Å². The number of nitrogens with zero attached hydrogens (tertiary/aromatic N) is 2. The lowest BCUT2D eigenvalue weighted by atomic mass is 9.88. The van der Waals surface area contributed by atoms with Crippen LogP contribution < -0.4 is 4.90 Å². The smallest absolute Gasteiger partial charge is 0.409 e. The van der Waals surface area contributed by atoms with Crippen molar-refractivity contribution in [2.45, 2.75) is 12.2 Å². The van der Waals surface area contributed by atoms with Crippen LogP contribution in [0.15, 0.2) is 24.4 Å². The molecule has 0 saturated carbocycles. The standard InChI is InChI=1S/C10H9F3N2O2/c11-10(12,13)8-6(9(16)17)5-15(8)7-3-1-2-4-14-7/h1-4,6,8H,5H2,(H,16,17). The van der Waals surface area contributed by atoms with Crippen molar-refractivity contribution < 1.29 is 23.1 Å². The fourth-order valence-corrected chi connectivity index (χ4v) is 1.88. The normalized spacial score (nSPS) is 24.3. The summed E-state index contributed by atoms with van der Waals surface area (Å²) in [5.41, 5.74) is 0. The Labute approximate surface area is 94.7 Å². The maximum Gasteiger partial charge on any atom is 0.409 e. The van der Waals surface area contributed by atoms with Crippen LogP contribution in [0.5, 0.6) is 0 Å². The highest BCUT2D eigenvalue weighted by Gasteiger charge is 2.58. The molecule has 1 saturated heterocycles. The number of aromatic nitrogens is 1. The molecule has 92 valence electrons. The van der Waals surface area contributed by atoms with Crippen molar-refractivity contribution in [1.82, 2.24) is 4.98 Å². The second-order valence-electron chi connectivity index (χ2n) is 3.77. The number of hydrogen-bond acceptors (Lipinski definition) is 3. The molecular weight excluding hydrogens is 237 g/mol. The summed E-state index contributed by atoms with van der Waals surface area (Å²) in [5, 5.41) is 8.68. The highest BCUT2D eigenvalue weighted by molar-refractivity contribution is 5.75. The lowest BCUT2D eigenvalue weighted by Crippen LogP contribution is -2.66. The maximum absolute atomic E-state index is 12.7. The summed E-state index contributed by atoms with van der Waals surface area (Å²) in [6, 6.07) is 2.58. The quantitative estimate of drug-likeness (QED) is 0.859. The monoisotopic (exact) mass is 246 g/mol. The van der Waals surface area contributed by atoms with Gasteiger partial charge in [0.25, 0.3) is 0 Å². The van der Waals surface area contributed by atoms with E-state index in [1.54, 1.807) is 12.1 Å². The number of alkyl halides is 3. The van der Waals surface area contributed by atoms with Crippen LogP contribution in [0.4, 0.5) is 19.0 Å². The molecule has 2 atom stereocenters. The van der Waals surface area contributed by atoms with Crippen molar-refractivity contribution >= 4 is 11.8 Å². The average Bonchev–Trinajstić information content (AvgIpc) is 2.14. The minimum absolute atomic E-state index is 0.146. The number of aliphatic carboxylic acids is 1. The van der Waals surface area contributed by atoms with E-state index in [1.165, 1.54) is 12.3 Å². The van der Waals surface area contributed by atoms with Crippen LogP contribution in [0.2, 0.25) is 0 Å². The second-order valence-corrected chi connectivity index (χ2v) is 3.77. The fraction of sp³-hybridized carbons (Fsp3) is 0.400. The van der Waals surface area contributed by atoms with E-state index >= 15 is 0 Å². The summed E-state index contributed by atoms with van der Waals surface area (Å²) < 4.78 is 38.1. The molecule has 17 heavy (non-hydrogen) atoms. The molecule has 1 fully saturated rings. The van der Waals surface area contributed by atoms with Gasteiger partial charge >= 0.3 is 12.1 Å². The largest absolute Gasteiger partial charge is 0.481 e. The lowest BCUT2D eigenvalue weighted by Gasteiger charge is -2.47. The second kappa shape index (κ2) is 3.90. The summed E-state index contributed by atoms with van der Waals surface area (Å²) in [7, 11) is 0. The van der Waals surface area contributed by atoms with E-state index in [1.807, 2.05) is 0 Å². The first kappa shape index (κ1) is 11.7. The molecule has 1 aliphatic heterocycles. The van der Waals surface area contributed by atoms with E-state index in [0.717, 1.165) is 4.90 Å². The predicted molar refractivity (Wildman–Crippen MR) is 52.6 cm³/mol. The molecule has 0 bridgehead atoms. The molecule has 2 unspecified atom stereocenters. The molecule has 1 N–H and O–H groups in total. The first-order chi connectivity index (χ1) is 7.91. The van der Waals surface area contributed by atoms with Crippen LogP contribution in [0.25, 0.3) is 0 Å². The molecule has 0 aromatic carbocycles. The van der Waals surface area contributed by atoms with Crippen LogP contribution in [0.3, 0.4) is 0 Å². The Morgan fingerprint density at radius 2 is 2.18 bits per heavy atom. The number of hydrogen-bond donors (Lipinski definition) is 1. The zero-order valence-electron chi connectivity index (χ0n) is 8.55. The maximum atomic E-state index is 12.7. The molecule has 2 rings (SSSR count). The van der Waals surface area contributed by atoms with E-state index in [4.69, 9.17) is 5.11 Å². The number of carbonyl (C=O) groups is 1. The topological polar surface area (TPSA) is 53.4 Å². The Bertz CT molecular complexity index is 421. The Kier molecular flexibility index (Phi) is 2.68. The Morgan fingerprint density at radius 1 is 1.47 bits per heavy atom. The van der Waals surface area contributed by atoms with Gasteiger partial charge in [0.2, 0.25) is 0 Å². The molecule has 0 spiro atoms. The number of pyridine rings is 1. The molecule has 2 heterocycles. The predicted octanol–water partition coefficient (Wildman–Crippen LogP) is 1.53. The molecule has 1 aliphatic rings. The van der Waals surface area contributed by atoms with Gasteiger partial charge in [-0.3, -0.25) is 4.79 Å². The van der Waals surface area contributed by atoms with Gasteiger partial charge in [0.05, 0.1) is 0 Å². The average molecular weight is 246 g/mol. The summed E-state index contributed by atoms with van der Waals surface area (Å²) in [5.74, 6) is -2.70. The fourth-order valence-electron chi connectivity index (χ4n) is 1.88. The Hall–Kier alpha value is -1.79. The summed E-state index contributed by atoms with van der Waals surface area (Å²) in [4.78, 5) is 15.4. The van der Waals surface area contributed by atoms with Gasteiger partial charge in [-0.1, -0.05) is 6.07 Å². The lowest BCUT2D eigenvalue weighted by molar-refractivity contribution is -0.185. The van der Waals surface area contributed by atoms with Gasteiger partial charge < -0.3 is 10.0 Å². The van der Waals surface area contributed by atoms with Crippen molar-refractivity contribution in [3.63, 3.8) is 0 Å². The van der Waals surface area contributed by atoms with E-state index < -0.39 is 24.1 Å². The number of carboxylic acid groups (broad SMARTS) is 1. The third-order valence-electron chi connectivity index (χ3n) is 2.71. The van der Waals surface area contributed by atoms with Crippen molar-refractivity contribution in [2.24, 2.45) is 5.92 Å². The number of halogens is 3. The van der Waals surface area contributed by atoms with Gasteiger partial charge in [0.1, 0.15) is 17.8 Å². The Morgan fingerprint density at radius 3 is 2.65 bits per heavy atom. The zero-order valence-corrected chi connectivity index (χ0v) is 8.55. The van der Waals surface area contributed by atoms with Crippen molar-refractivity contribution in [3.05, 3.63) is 24.4 Å². The number of anilines is 1. The minimum atomic E-state index is -4.57. The number of carboxylic acids is 1. The minimum Gasteiger partial charge on any atom is -0.481 e. The molecule has 0 amide bonds. The van der Waals surface area contributed by atoms with Crippen LogP contribution in [0.1, 0.15) is 0 Å².